The summed E-state index contributed by atoms with van der Waals surface area (Å²) in [7, 11) is 0. The summed E-state index contributed by atoms with van der Waals surface area (Å²) in [5.74, 6) is 0.615. The molecule has 1 amide bonds. The first-order chi connectivity index (χ1) is 8.29. The van der Waals surface area contributed by atoms with Crippen LogP contribution in [0.1, 0.15) is 58.3 Å². The Morgan fingerprint density at radius 1 is 1.18 bits per heavy atom. The van der Waals surface area contributed by atoms with Crippen molar-refractivity contribution in [2.24, 2.45) is 11.7 Å². The Morgan fingerprint density at radius 2 is 1.82 bits per heavy atom. The van der Waals surface area contributed by atoms with Crippen molar-refractivity contribution >= 4 is 5.91 Å². The van der Waals surface area contributed by atoms with Crippen LogP contribution < -0.4 is 5.73 Å². The summed E-state index contributed by atoms with van der Waals surface area (Å²) in [5, 5.41) is 0. The third-order valence-electron chi connectivity index (χ3n) is 3.66. The smallest absolute Gasteiger partial charge is 0.225 e. The third kappa shape index (κ3) is 5.07. The maximum Gasteiger partial charge on any atom is 0.225 e. The van der Waals surface area contributed by atoms with Gasteiger partial charge in [0.25, 0.3) is 0 Å². The van der Waals surface area contributed by atoms with E-state index in [1.165, 1.54) is 25.7 Å². The van der Waals surface area contributed by atoms with E-state index in [1.54, 1.807) is 0 Å². The second-order valence-corrected chi connectivity index (χ2v) is 5.16. The lowest BCUT2D eigenvalue weighted by atomic mass is 9.96. The maximum atomic E-state index is 12.4. The number of carbonyl (C=O) groups excluding carboxylic acids is 1. The van der Waals surface area contributed by atoms with Crippen LogP contribution in [0.4, 0.5) is 0 Å². The minimum atomic E-state index is 0.224. The molecular formula is C14H28N2O. The van der Waals surface area contributed by atoms with Crippen molar-refractivity contribution in [3.8, 4) is 0 Å². The number of hydrogen-bond acceptors (Lipinski definition) is 2. The van der Waals surface area contributed by atoms with Crippen LogP contribution >= 0.6 is 0 Å². The number of rotatable bonds is 6. The van der Waals surface area contributed by atoms with Gasteiger partial charge >= 0.3 is 0 Å². The molecule has 0 aliphatic carbocycles. The molecule has 1 heterocycles. The van der Waals surface area contributed by atoms with Crippen LogP contribution in [-0.2, 0) is 4.79 Å². The number of likely N-dealkylation sites (tertiary alicyclic amines) is 1. The summed E-state index contributed by atoms with van der Waals surface area (Å²) < 4.78 is 0. The molecule has 2 N–H and O–H groups in total. The van der Waals surface area contributed by atoms with Gasteiger partial charge in [0.1, 0.15) is 0 Å². The van der Waals surface area contributed by atoms with E-state index in [4.69, 9.17) is 5.73 Å². The van der Waals surface area contributed by atoms with Gasteiger partial charge in [0, 0.05) is 19.0 Å². The molecule has 0 radical (unpaired) electrons. The average molecular weight is 240 g/mol. The van der Waals surface area contributed by atoms with Crippen LogP contribution in [-0.4, -0.2) is 30.4 Å². The molecule has 0 aromatic carbocycles. The predicted octanol–water partition coefficient (Wildman–Crippen LogP) is 2.54. The zero-order valence-corrected chi connectivity index (χ0v) is 11.3. The van der Waals surface area contributed by atoms with E-state index in [0.717, 1.165) is 38.8 Å². The number of nitrogens with zero attached hydrogens (tertiary/aromatic N) is 1. The number of nitrogens with two attached hydrogens (primary N) is 1. The highest BCUT2D eigenvalue weighted by Crippen LogP contribution is 2.19. The Kier molecular flexibility index (Phi) is 7.25. The van der Waals surface area contributed by atoms with Gasteiger partial charge in [-0.05, 0) is 38.6 Å². The van der Waals surface area contributed by atoms with E-state index in [0.29, 0.717) is 12.5 Å². The summed E-state index contributed by atoms with van der Waals surface area (Å²) in [6.07, 6.45) is 8.99. The zero-order chi connectivity index (χ0) is 12.5. The normalized spacial score (nSPS) is 18.8. The molecule has 0 bridgehead atoms. The maximum absolute atomic E-state index is 12.4. The summed E-state index contributed by atoms with van der Waals surface area (Å²) >= 11 is 0. The molecule has 0 aromatic heterocycles. The lowest BCUT2D eigenvalue weighted by Gasteiger charge is -2.26. The number of carbonyl (C=O) groups is 1. The molecule has 1 saturated heterocycles. The van der Waals surface area contributed by atoms with E-state index >= 15 is 0 Å². The number of amides is 1. The Balaban J connectivity index is 2.48. The molecule has 0 aromatic rings. The van der Waals surface area contributed by atoms with Gasteiger partial charge in [0.15, 0.2) is 0 Å². The Hall–Kier alpha value is -0.570. The zero-order valence-electron chi connectivity index (χ0n) is 11.3. The minimum absolute atomic E-state index is 0.224. The highest BCUT2D eigenvalue weighted by molar-refractivity contribution is 5.78. The molecule has 1 unspecified atom stereocenters. The third-order valence-corrected chi connectivity index (χ3v) is 3.66. The van der Waals surface area contributed by atoms with Crippen LogP contribution in [0, 0.1) is 5.92 Å². The number of hydrogen-bond donors (Lipinski definition) is 1. The first kappa shape index (κ1) is 14.5. The lowest BCUT2D eigenvalue weighted by molar-refractivity contribution is -0.136. The molecule has 0 spiro atoms. The molecule has 1 atom stereocenters. The fraction of sp³-hybridized carbons (Fsp3) is 0.929. The fourth-order valence-electron chi connectivity index (χ4n) is 2.65. The summed E-state index contributed by atoms with van der Waals surface area (Å²) in [4.78, 5) is 14.5. The van der Waals surface area contributed by atoms with E-state index in [9.17, 15) is 4.79 Å². The van der Waals surface area contributed by atoms with Gasteiger partial charge < -0.3 is 10.6 Å². The van der Waals surface area contributed by atoms with Crippen molar-refractivity contribution in [3.63, 3.8) is 0 Å². The van der Waals surface area contributed by atoms with Gasteiger partial charge in [-0.25, -0.2) is 0 Å². The first-order valence-electron chi connectivity index (χ1n) is 7.28. The predicted molar refractivity (Wildman–Crippen MR) is 71.7 cm³/mol. The van der Waals surface area contributed by atoms with E-state index < -0.39 is 0 Å². The van der Waals surface area contributed by atoms with Crippen LogP contribution in [0.3, 0.4) is 0 Å². The topological polar surface area (TPSA) is 46.3 Å². The summed E-state index contributed by atoms with van der Waals surface area (Å²) in [5.41, 5.74) is 5.55. The van der Waals surface area contributed by atoms with Crippen LogP contribution in [0.25, 0.3) is 0 Å². The highest BCUT2D eigenvalue weighted by Gasteiger charge is 2.23. The van der Waals surface area contributed by atoms with E-state index in [1.807, 2.05) is 0 Å². The first-order valence-corrected chi connectivity index (χ1v) is 7.28. The van der Waals surface area contributed by atoms with Crippen molar-refractivity contribution in [2.45, 2.75) is 58.3 Å². The van der Waals surface area contributed by atoms with Crippen LogP contribution in [0.15, 0.2) is 0 Å². The lowest BCUT2D eigenvalue weighted by Crippen LogP contribution is -2.37. The molecule has 1 aliphatic heterocycles. The molecule has 0 saturated carbocycles. The molecular weight excluding hydrogens is 212 g/mol. The van der Waals surface area contributed by atoms with Gasteiger partial charge in [0.05, 0.1) is 0 Å². The van der Waals surface area contributed by atoms with Gasteiger partial charge in [-0.15, -0.1) is 0 Å². The second kappa shape index (κ2) is 8.51. The second-order valence-electron chi connectivity index (χ2n) is 5.16. The summed E-state index contributed by atoms with van der Waals surface area (Å²) in [6, 6.07) is 0. The molecule has 100 valence electrons. The van der Waals surface area contributed by atoms with Crippen molar-refractivity contribution in [1.82, 2.24) is 4.90 Å². The van der Waals surface area contributed by atoms with Gasteiger partial charge in [-0.1, -0.05) is 26.2 Å². The fourth-order valence-corrected chi connectivity index (χ4v) is 2.65. The van der Waals surface area contributed by atoms with E-state index in [2.05, 4.69) is 11.8 Å². The molecule has 1 fully saturated rings. The quantitative estimate of drug-likeness (QED) is 0.775. The Morgan fingerprint density at radius 3 is 2.35 bits per heavy atom. The summed E-state index contributed by atoms with van der Waals surface area (Å²) in [6.45, 7) is 4.81. The van der Waals surface area contributed by atoms with Gasteiger partial charge in [0.2, 0.25) is 5.91 Å². The van der Waals surface area contributed by atoms with Gasteiger partial charge in [-0.2, -0.15) is 0 Å². The Labute approximate surface area is 106 Å². The van der Waals surface area contributed by atoms with Crippen LogP contribution in [0.2, 0.25) is 0 Å². The molecule has 17 heavy (non-hydrogen) atoms. The minimum Gasteiger partial charge on any atom is -0.342 e. The standard InChI is InChI=1S/C14H28N2O/c1-2-8-13(9-7-10-15)14(17)16-11-5-3-4-6-12-16/h13H,2-12,15H2,1H3. The Bertz CT molecular complexity index is 210. The van der Waals surface area contributed by atoms with Gasteiger partial charge in [-0.3, -0.25) is 4.79 Å². The highest BCUT2D eigenvalue weighted by atomic mass is 16.2. The van der Waals surface area contributed by atoms with Crippen molar-refractivity contribution < 1.29 is 4.79 Å². The van der Waals surface area contributed by atoms with Crippen LogP contribution in [0.5, 0.6) is 0 Å². The molecule has 3 nitrogen and oxygen atoms in total. The van der Waals surface area contributed by atoms with Crippen molar-refractivity contribution in [3.05, 3.63) is 0 Å². The molecule has 1 rings (SSSR count). The SMILES string of the molecule is CCCC(CCCN)C(=O)N1CCCCCC1. The molecule has 1 aliphatic rings. The average Bonchev–Trinajstić information content (AvgIpc) is 2.62. The largest absolute Gasteiger partial charge is 0.342 e. The van der Waals surface area contributed by atoms with E-state index in [-0.39, 0.29) is 5.92 Å². The van der Waals surface area contributed by atoms with Crippen molar-refractivity contribution in [1.29, 1.82) is 0 Å². The molecule has 3 heteroatoms. The van der Waals surface area contributed by atoms with Crippen molar-refractivity contribution in [2.75, 3.05) is 19.6 Å². The monoisotopic (exact) mass is 240 g/mol.